The van der Waals surface area contributed by atoms with Gasteiger partial charge in [0.05, 0.1) is 6.54 Å². The van der Waals surface area contributed by atoms with E-state index in [1.54, 1.807) is 0 Å². The predicted molar refractivity (Wildman–Crippen MR) is 52.7 cm³/mol. The standard InChI is InChI=1S/C10H9F3N2O2/c1-14-8(16)4-15-10(17)5-2-6(11)9(13)7(12)3-5/h2-3H,4H2,1H3,(H,14,16)(H,15,17). The Kier molecular flexibility index (Phi) is 4.08. The van der Waals surface area contributed by atoms with Crippen LogP contribution in [0, 0.1) is 17.5 Å². The zero-order chi connectivity index (χ0) is 13.0. The average molecular weight is 246 g/mol. The number of hydrogen-bond donors (Lipinski definition) is 2. The number of hydrogen-bond acceptors (Lipinski definition) is 2. The van der Waals surface area contributed by atoms with Gasteiger partial charge < -0.3 is 10.6 Å². The second-order valence-electron chi connectivity index (χ2n) is 3.11. The van der Waals surface area contributed by atoms with E-state index >= 15 is 0 Å². The molecular formula is C10H9F3N2O2. The molecule has 0 radical (unpaired) electrons. The third kappa shape index (κ3) is 3.20. The SMILES string of the molecule is CNC(=O)CNC(=O)c1cc(F)c(F)c(F)c1. The van der Waals surface area contributed by atoms with Gasteiger partial charge in [0.25, 0.3) is 5.91 Å². The summed E-state index contributed by atoms with van der Waals surface area (Å²) in [6.45, 7) is -0.337. The summed E-state index contributed by atoms with van der Waals surface area (Å²) in [5, 5.41) is 4.36. The summed E-state index contributed by atoms with van der Waals surface area (Å²) in [6, 6.07) is 1.11. The van der Waals surface area contributed by atoms with Crippen molar-refractivity contribution in [2.75, 3.05) is 13.6 Å². The van der Waals surface area contributed by atoms with Gasteiger partial charge in [-0.15, -0.1) is 0 Å². The van der Waals surface area contributed by atoms with Crippen LogP contribution in [0.3, 0.4) is 0 Å². The van der Waals surface area contributed by atoms with E-state index in [-0.39, 0.29) is 6.54 Å². The van der Waals surface area contributed by atoms with Crippen molar-refractivity contribution in [1.82, 2.24) is 10.6 Å². The Hall–Kier alpha value is -2.05. The summed E-state index contributed by atoms with van der Waals surface area (Å²) in [5.41, 5.74) is -0.398. The zero-order valence-corrected chi connectivity index (χ0v) is 8.81. The molecule has 92 valence electrons. The summed E-state index contributed by atoms with van der Waals surface area (Å²) in [6.07, 6.45) is 0. The average Bonchev–Trinajstić information content (AvgIpc) is 2.31. The van der Waals surface area contributed by atoms with Gasteiger partial charge in [-0.3, -0.25) is 9.59 Å². The number of halogens is 3. The Morgan fingerprint density at radius 2 is 1.71 bits per heavy atom. The summed E-state index contributed by atoms with van der Waals surface area (Å²) in [4.78, 5) is 22.1. The summed E-state index contributed by atoms with van der Waals surface area (Å²) in [5.74, 6) is -5.91. The molecule has 0 atom stereocenters. The highest BCUT2D eigenvalue weighted by molar-refractivity contribution is 5.96. The fraction of sp³-hybridized carbons (Fsp3) is 0.200. The lowest BCUT2D eigenvalue weighted by molar-refractivity contribution is -0.119. The van der Waals surface area contributed by atoms with Crippen molar-refractivity contribution in [3.63, 3.8) is 0 Å². The molecule has 0 saturated heterocycles. The van der Waals surface area contributed by atoms with Crippen molar-refractivity contribution in [3.8, 4) is 0 Å². The van der Waals surface area contributed by atoms with Crippen LogP contribution in [-0.2, 0) is 4.79 Å². The van der Waals surface area contributed by atoms with E-state index in [1.807, 2.05) is 0 Å². The van der Waals surface area contributed by atoms with E-state index in [2.05, 4.69) is 10.6 Å². The zero-order valence-electron chi connectivity index (χ0n) is 8.81. The van der Waals surface area contributed by atoms with Crippen molar-refractivity contribution < 1.29 is 22.8 Å². The Bertz CT molecular complexity index is 440. The quantitative estimate of drug-likeness (QED) is 0.766. The van der Waals surface area contributed by atoms with Crippen molar-refractivity contribution in [2.45, 2.75) is 0 Å². The molecule has 17 heavy (non-hydrogen) atoms. The third-order valence-electron chi connectivity index (χ3n) is 1.93. The number of amides is 2. The van der Waals surface area contributed by atoms with Crippen molar-refractivity contribution in [1.29, 1.82) is 0 Å². The molecule has 7 heteroatoms. The molecule has 2 amide bonds. The number of rotatable bonds is 3. The Morgan fingerprint density at radius 3 is 2.18 bits per heavy atom. The maximum atomic E-state index is 12.8. The van der Waals surface area contributed by atoms with Gasteiger partial charge in [-0.1, -0.05) is 0 Å². The summed E-state index contributed by atoms with van der Waals surface area (Å²) >= 11 is 0. The monoisotopic (exact) mass is 246 g/mol. The number of carbonyl (C=O) groups is 2. The molecule has 0 unspecified atom stereocenters. The smallest absolute Gasteiger partial charge is 0.251 e. The Labute approximate surface area is 94.8 Å². The number of nitrogens with one attached hydrogen (secondary N) is 2. The molecule has 0 saturated carbocycles. The minimum atomic E-state index is -1.65. The van der Waals surface area contributed by atoms with Gasteiger partial charge in [0.2, 0.25) is 5.91 Å². The third-order valence-corrected chi connectivity index (χ3v) is 1.93. The lowest BCUT2D eigenvalue weighted by Gasteiger charge is -2.05. The number of carbonyl (C=O) groups excluding carboxylic acids is 2. The van der Waals surface area contributed by atoms with Crippen LogP contribution in [0.4, 0.5) is 13.2 Å². The van der Waals surface area contributed by atoms with E-state index in [1.165, 1.54) is 7.05 Å². The molecule has 0 fully saturated rings. The second-order valence-corrected chi connectivity index (χ2v) is 3.11. The fourth-order valence-corrected chi connectivity index (χ4v) is 1.04. The molecule has 2 N–H and O–H groups in total. The van der Waals surface area contributed by atoms with Crippen molar-refractivity contribution in [3.05, 3.63) is 35.1 Å². The van der Waals surface area contributed by atoms with Gasteiger partial charge >= 0.3 is 0 Å². The predicted octanol–water partition coefficient (Wildman–Crippen LogP) is 0.580. The maximum Gasteiger partial charge on any atom is 0.251 e. The Morgan fingerprint density at radius 1 is 1.18 bits per heavy atom. The van der Waals surface area contributed by atoms with E-state index in [9.17, 15) is 22.8 Å². The van der Waals surface area contributed by atoms with Gasteiger partial charge in [-0.25, -0.2) is 13.2 Å². The molecule has 0 heterocycles. The minimum Gasteiger partial charge on any atom is -0.358 e. The molecule has 0 aliphatic heterocycles. The first kappa shape index (κ1) is 13.0. The topological polar surface area (TPSA) is 58.2 Å². The first-order valence-corrected chi connectivity index (χ1v) is 4.59. The van der Waals surface area contributed by atoms with Gasteiger partial charge in [0.15, 0.2) is 17.5 Å². The van der Waals surface area contributed by atoms with Crippen molar-refractivity contribution >= 4 is 11.8 Å². The first-order chi connectivity index (χ1) is 7.95. The molecule has 0 bridgehead atoms. The fourth-order valence-electron chi connectivity index (χ4n) is 1.04. The largest absolute Gasteiger partial charge is 0.358 e. The van der Waals surface area contributed by atoms with E-state index < -0.39 is 34.8 Å². The van der Waals surface area contributed by atoms with Crippen molar-refractivity contribution in [2.24, 2.45) is 0 Å². The van der Waals surface area contributed by atoms with Gasteiger partial charge in [0.1, 0.15) is 0 Å². The van der Waals surface area contributed by atoms with Crippen LogP contribution < -0.4 is 10.6 Å². The lowest BCUT2D eigenvalue weighted by atomic mass is 10.2. The van der Waals surface area contributed by atoms with Crippen LogP contribution >= 0.6 is 0 Å². The van der Waals surface area contributed by atoms with Crippen LogP contribution in [-0.4, -0.2) is 25.4 Å². The van der Waals surface area contributed by atoms with Gasteiger partial charge in [-0.2, -0.15) is 0 Å². The van der Waals surface area contributed by atoms with Crippen LogP contribution in [0.1, 0.15) is 10.4 Å². The number of benzene rings is 1. The molecule has 0 spiro atoms. The molecule has 1 aromatic carbocycles. The second kappa shape index (κ2) is 5.33. The molecular weight excluding hydrogens is 237 g/mol. The minimum absolute atomic E-state index is 0.337. The normalized spacial score (nSPS) is 9.88. The molecule has 1 rings (SSSR count). The highest BCUT2D eigenvalue weighted by Gasteiger charge is 2.15. The van der Waals surface area contributed by atoms with Gasteiger partial charge in [-0.05, 0) is 12.1 Å². The summed E-state index contributed by atoms with van der Waals surface area (Å²) < 4.78 is 38.2. The molecule has 0 aliphatic rings. The van der Waals surface area contributed by atoms with E-state index in [0.717, 1.165) is 0 Å². The van der Waals surface area contributed by atoms with E-state index in [4.69, 9.17) is 0 Å². The highest BCUT2D eigenvalue weighted by atomic mass is 19.2. The first-order valence-electron chi connectivity index (χ1n) is 4.59. The van der Waals surface area contributed by atoms with E-state index in [0.29, 0.717) is 12.1 Å². The van der Waals surface area contributed by atoms with Crippen LogP contribution in [0.5, 0.6) is 0 Å². The summed E-state index contributed by atoms with van der Waals surface area (Å²) in [7, 11) is 1.37. The van der Waals surface area contributed by atoms with Crippen LogP contribution in [0.2, 0.25) is 0 Å². The Balaban J connectivity index is 2.80. The molecule has 1 aromatic rings. The molecule has 0 aliphatic carbocycles. The number of likely N-dealkylation sites (N-methyl/N-ethyl adjacent to an activating group) is 1. The van der Waals surface area contributed by atoms with Crippen LogP contribution in [0.25, 0.3) is 0 Å². The highest BCUT2D eigenvalue weighted by Crippen LogP contribution is 2.13. The lowest BCUT2D eigenvalue weighted by Crippen LogP contribution is -2.35. The van der Waals surface area contributed by atoms with Crippen LogP contribution in [0.15, 0.2) is 12.1 Å². The van der Waals surface area contributed by atoms with Gasteiger partial charge in [0, 0.05) is 12.6 Å². The molecule has 4 nitrogen and oxygen atoms in total. The maximum absolute atomic E-state index is 12.8. The molecule has 0 aromatic heterocycles.